The van der Waals surface area contributed by atoms with Crippen molar-refractivity contribution < 1.29 is 4.42 Å². The Kier molecular flexibility index (Phi) is 8.03. The van der Waals surface area contributed by atoms with Crippen LogP contribution in [0.5, 0.6) is 0 Å². The molecule has 0 amide bonds. The van der Waals surface area contributed by atoms with E-state index >= 15 is 0 Å². The molecular formula is C62H49NO. The number of rotatable bonds is 6. The van der Waals surface area contributed by atoms with E-state index < -0.39 is 0 Å². The van der Waals surface area contributed by atoms with Crippen LogP contribution in [0.1, 0.15) is 61.6 Å². The molecule has 1 spiro atoms. The zero-order valence-corrected chi connectivity index (χ0v) is 36.0. The van der Waals surface area contributed by atoms with E-state index in [0.717, 1.165) is 63.4 Å². The van der Waals surface area contributed by atoms with E-state index in [1.165, 1.54) is 87.7 Å². The topological polar surface area (TPSA) is 16.4 Å². The fraction of sp³-hybridized carbons (Fsp3) is 0.194. The second-order valence-electron chi connectivity index (χ2n) is 19.4. The number of benzene rings is 8. The molecule has 8 aromatic carbocycles. The van der Waals surface area contributed by atoms with Crippen molar-refractivity contribution in [1.29, 1.82) is 0 Å². The third-order valence-corrected chi connectivity index (χ3v) is 16.3. The summed E-state index contributed by atoms with van der Waals surface area (Å²) in [6.45, 7) is 0. The summed E-state index contributed by atoms with van der Waals surface area (Å²) in [6.07, 6.45) is 16.1. The Morgan fingerprint density at radius 1 is 0.469 bits per heavy atom. The third kappa shape index (κ3) is 5.20. The Hall–Kier alpha value is -6.90. The second kappa shape index (κ2) is 14.1. The number of para-hydroxylation sites is 1. The van der Waals surface area contributed by atoms with E-state index in [0.29, 0.717) is 11.8 Å². The summed E-state index contributed by atoms with van der Waals surface area (Å²) in [4.78, 5) is 2.59. The van der Waals surface area contributed by atoms with Gasteiger partial charge in [-0.3, -0.25) is 0 Å². The van der Waals surface area contributed by atoms with Gasteiger partial charge in [-0.05, 0) is 160 Å². The summed E-state index contributed by atoms with van der Waals surface area (Å²) < 4.78 is 6.92. The van der Waals surface area contributed by atoms with Crippen molar-refractivity contribution >= 4 is 55.3 Å². The van der Waals surface area contributed by atoms with Crippen LogP contribution in [0.4, 0.5) is 17.1 Å². The van der Waals surface area contributed by atoms with Gasteiger partial charge in [-0.2, -0.15) is 0 Å². The number of hydrogen-bond acceptors (Lipinski definition) is 2. The van der Waals surface area contributed by atoms with Gasteiger partial charge in [-0.15, -0.1) is 0 Å². The van der Waals surface area contributed by atoms with Gasteiger partial charge in [0.2, 0.25) is 0 Å². The maximum atomic E-state index is 6.92. The lowest BCUT2D eigenvalue weighted by atomic mass is 9.43. The maximum Gasteiger partial charge on any atom is 0.143 e. The van der Waals surface area contributed by atoms with E-state index in [4.69, 9.17) is 4.42 Å². The van der Waals surface area contributed by atoms with E-state index in [1.807, 2.05) is 0 Å². The summed E-state index contributed by atoms with van der Waals surface area (Å²) in [7, 11) is 0. The molecule has 4 bridgehead atoms. The monoisotopic (exact) mass is 823 g/mol. The fourth-order valence-electron chi connectivity index (χ4n) is 14.0. The molecule has 2 heteroatoms. The number of allylic oxidation sites excluding steroid dienone is 4. The minimum Gasteiger partial charge on any atom is -0.455 e. The molecule has 308 valence electrons. The van der Waals surface area contributed by atoms with Gasteiger partial charge in [0.25, 0.3) is 0 Å². The first-order valence-electron chi connectivity index (χ1n) is 23.7. The Labute approximate surface area is 375 Å². The van der Waals surface area contributed by atoms with Crippen molar-refractivity contribution in [2.24, 2.45) is 23.7 Å². The molecule has 0 saturated heterocycles. The van der Waals surface area contributed by atoms with E-state index in [2.05, 4.69) is 193 Å². The minimum atomic E-state index is 0.0480. The van der Waals surface area contributed by atoms with Crippen LogP contribution in [-0.2, 0) is 5.41 Å². The molecule has 0 atom stereocenters. The van der Waals surface area contributed by atoms with Crippen LogP contribution < -0.4 is 4.90 Å². The van der Waals surface area contributed by atoms with Gasteiger partial charge in [0.05, 0.1) is 16.8 Å². The smallest absolute Gasteiger partial charge is 0.143 e. The molecule has 0 unspecified atom stereocenters. The highest BCUT2D eigenvalue weighted by molar-refractivity contribution is 6.20. The molecule has 6 aliphatic rings. The van der Waals surface area contributed by atoms with Crippen LogP contribution in [0.15, 0.2) is 193 Å². The highest BCUT2D eigenvalue weighted by Crippen LogP contribution is 2.69. The van der Waals surface area contributed by atoms with Crippen LogP contribution in [-0.4, -0.2) is 0 Å². The predicted molar refractivity (Wildman–Crippen MR) is 266 cm³/mol. The van der Waals surface area contributed by atoms with Crippen molar-refractivity contribution in [3.05, 3.63) is 205 Å². The molecule has 9 aromatic rings. The SMILES string of the molecule is C1=CC(c2ccccc2-c2ccccc2-c2ccccc2N(c2ccc3c(c2)C2(c4ccccc4-3)C3CC4CC(C3)CC2C4)c2cccc3oc4c5ccccc5ccc4c23)=CCC1. The molecule has 6 aliphatic carbocycles. The molecule has 0 aliphatic heterocycles. The van der Waals surface area contributed by atoms with E-state index in [-0.39, 0.29) is 5.41 Å². The zero-order valence-electron chi connectivity index (χ0n) is 36.0. The fourth-order valence-corrected chi connectivity index (χ4v) is 14.0. The van der Waals surface area contributed by atoms with E-state index in [9.17, 15) is 0 Å². The molecule has 0 radical (unpaired) electrons. The van der Waals surface area contributed by atoms with Crippen molar-refractivity contribution in [3.8, 4) is 33.4 Å². The molecular weight excluding hydrogens is 775 g/mol. The molecule has 15 rings (SSSR count). The van der Waals surface area contributed by atoms with Crippen LogP contribution in [0, 0.1) is 23.7 Å². The molecule has 0 N–H and O–H groups in total. The normalized spacial score (nSPS) is 22.7. The lowest BCUT2D eigenvalue weighted by molar-refractivity contribution is -0.0399. The van der Waals surface area contributed by atoms with Crippen molar-refractivity contribution in [2.75, 3.05) is 4.90 Å². The first-order chi connectivity index (χ1) is 31.7. The summed E-state index contributed by atoms with van der Waals surface area (Å²) >= 11 is 0. The minimum absolute atomic E-state index is 0.0480. The number of anilines is 3. The Bertz CT molecular complexity index is 3400. The van der Waals surface area contributed by atoms with Crippen LogP contribution in [0.3, 0.4) is 0 Å². The largest absolute Gasteiger partial charge is 0.455 e. The standard InChI is InChI=1S/C62H49NO/c1-2-15-41(16-3-1)46-18-6-7-20-48(46)49-21-8-9-22-50(49)53-24-11-13-26-57(53)63(58-27-14-28-59-60(58)54-31-29-42-17-4-5-19-47(42)61(54)64-59)45-30-32-52-51-23-10-12-25-55(51)62(56(52)38-45)43-34-39-33-40(36-43)37-44(62)35-39/h2,4-32,38-40,43-44H,1,3,33-37H2. The molecule has 4 fully saturated rings. The summed E-state index contributed by atoms with van der Waals surface area (Å²) in [5.41, 5.74) is 18.9. The quantitative estimate of drug-likeness (QED) is 0.166. The lowest BCUT2D eigenvalue weighted by Gasteiger charge is -2.61. The van der Waals surface area contributed by atoms with Crippen LogP contribution >= 0.6 is 0 Å². The van der Waals surface area contributed by atoms with Gasteiger partial charge < -0.3 is 9.32 Å². The molecule has 1 aromatic heterocycles. The highest BCUT2D eigenvalue weighted by Gasteiger charge is 2.61. The van der Waals surface area contributed by atoms with E-state index in [1.54, 1.807) is 11.1 Å². The predicted octanol–water partition coefficient (Wildman–Crippen LogP) is 17.0. The first-order valence-corrected chi connectivity index (χ1v) is 23.7. The highest BCUT2D eigenvalue weighted by atomic mass is 16.3. The Morgan fingerprint density at radius 2 is 1.11 bits per heavy atom. The van der Waals surface area contributed by atoms with Gasteiger partial charge in [0.1, 0.15) is 11.2 Å². The maximum absolute atomic E-state index is 6.92. The van der Waals surface area contributed by atoms with Gasteiger partial charge in [0.15, 0.2) is 0 Å². The third-order valence-electron chi connectivity index (χ3n) is 16.3. The average Bonchev–Trinajstić information content (AvgIpc) is 3.88. The molecule has 1 heterocycles. The Morgan fingerprint density at radius 3 is 1.89 bits per heavy atom. The number of nitrogens with zero attached hydrogens (tertiary/aromatic N) is 1. The summed E-state index contributed by atoms with van der Waals surface area (Å²) in [5.74, 6) is 3.12. The lowest BCUT2D eigenvalue weighted by Crippen LogP contribution is -2.55. The van der Waals surface area contributed by atoms with Crippen molar-refractivity contribution in [1.82, 2.24) is 0 Å². The van der Waals surface area contributed by atoms with Crippen LogP contribution in [0.25, 0.3) is 71.7 Å². The number of hydrogen-bond donors (Lipinski definition) is 0. The van der Waals surface area contributed by atoms with Gasteiger partial charge in [-0.1, -0.05) is 152 Å². The van der Waals surface area contributed by atoms with Crippen LogP contribution in [0.2, 0.25) is 0 Å². The average molecular weight is 824 g/mol. The van der Waals surface area contributed by atoms with Crippen molar-refractivity contribution in [3.63, 3.8) is 0 Å². The van der Waals surface area contributed by atoms with Gasteiger partial charge >= 0.3 is 0 Å². The summed E-state index contributed by atoms with van der Waals surface area (Å²) in [6, 6.07) is 64.0. The number of furan rings is 1. The molecule has 4 saturated carbocycles. The van der Waals surface area contributed by atoms with Gasteiger partial charge in [-0.25, -0.2) is 0 Å². The molecule has 64 heavy (non-hydrogen) atoms. The van der Waals surface area contributed by atoms with Gasteiger partial charge in [0, 0.05) is 27.4 Å². The van der Waals surface area contributed by atoms with Crippen molar-refractivity contribution in [2.45, 2.75) is 50.4 Å². The zero-order chi connectivity index (χ0) is 41.9. The Balaban J connectivity index is 1.03. The first kappa shape index (κ1) is 36.6. The summed E-state index contributed by atoms with van der Waals surface area (Å²) in [5, 5.41) is 4.61. The second-order valence-corrected chi connectivity index (χ2v) is 19.4. The number of fused-ring (bicyclic) bond motifs is 8. The molecule has 2 nitrogen and oxygen atoms in total.